The maximum Gasteiger partial charge on any atom is 0.371 e. The van der Waals surface area contributed by atoms with Crippen LogP contribution in [0.2, 0.25) is 0 Å². The lowest BCUT2D eigenvalue weighted by atomic mass is 10.2. The third kappa shape index (κ3) is 4.76. The van der Waals surface area contributed by atoms with Crippen molar-refractivity contribution in [2.75, 3.05) is 13.2 Å². The van der Waals surface area contributed by atoms with E-state index >= 15 is 0 Å². The summed E-state index contributed by atoms with van der Waals surface area (Å²) in [7, 11) is -3.68. The molecule has 0 fully saturated rings. The highest BCUT2D eigenvalue weighted by Gasteiger charge is 2.29. The highest BCUT2D eigenvalue weighted by Crippen LogP contribution is 2.56. The lowest BCUT2D eigenvalue weighted by Gasteiger charge is -2.16. The van der Waals surface area contributed by atoms with E-state index < -0.39 is 12.8 Å². The summed E-state index contributed by atoms with van der Waals surface area (Å²) in [5.74, 6) is 0. The molecule has 0 aliphatic rings. The van der Waals surface area contributed by atoms with Crippen molar-refractivity contribution in [3.8, 4) is 6.07 Å². The number of benzene rings is 1. The van der Waals surface area contributed by atoms with E-state index in [4.69, 9.17) is 14.3 Å². The maximum absolute atomic E-state index is 12.5. The lowest BCUT2D eigenvalue weighted by molar-refractivity contribution is -0.991. The molecule has 21 heavy (non-hydrogen) atoms. The van der Waals surface area contributed by atoms with Crippen molar-refractivity contribution in [1.82, 2.24) is 0 Å². The van der Waals surface area contributed by atoms with Crippen LogP contribution in [0.3, 0.4) is 0 Å². The van der Waals surface area contributed by atoms with Crippen LogP contribution >= 0.6 is 7.60 Å². The number of nitrogens with zero attached hydrogens (tertiary/aromatic N) is 1. The van der Waals surface area contributed by atoms with Crippen LogP contribution in [0.4, 0.5) is 5.69 Å². The quantitative estimate of drug-likeness (QED) is 0.454. The van der Waals surface area contributed by atoms with E-state index in [1.54, 1.807) is 19.9 Å². The lowest BCUT2D eigenvalue weighted by Crippen LogP contribution is -2.99. The van der Waals surface area contributed by atoms with Crippen molar-refractivity contribution in [1.29, 1.82) is 5.26 Å². The summed E-state index contributed by atoms with van der Waals surface area (Å²) in [5.41, 5.74) is 0.509. The van der Waals surface area contributed by atoms with Crippen molar-refractivity contribution < 1.29 is 24.0 Å². The molecular weight excluding hydrogens is 295 g/mol. The van der Waals surface area contributed by atoms with Crippen LogP contribution in [0.25, 0.3) is 6.08 Å². The van der Waals surface area contributed by atoms with Crippen LogP contribution in [-0.4, -0.2) is 18.4 Å². The Bertz CT molecular complexity index is 584. The number of quaternary nitrogens is 1. The minimum Gasteiger partial charge on any atom is -0.595 e. The number of hydrogen-bond donors (Lipinski definition) is 2. The van der Waals surface area contributed by atoms with Gasteiger partial charge in [0.05, 0.1) is 13.2 Å². The average Bonchev–Trinajstić information content (AvgIpc) is 2.45. The van der Waals surface area contributed by atoms with Crippen LogP contribution < -0.4 is 5.23 Å². The Morgan fingerprint density at radius 1 is 1.48 bits per heavy atom. The summed E-state index contributed by atoms with van der Waals surface area (Å²) in [5, 5.41) is 27.8. The normalized spacial score (nSPS) is 13.8. The van der Waals surface area contributed by atoms with Crippen molar-refractivity contribution >= 4 is 19.4 Å². The first kappa shape index (κ1) is 17.5. The van der Waals surface area contributed by atoms with Gasteiger partial charge in [0.2, 0.25) is 0 Å². The van der Waals surface area contributed by atoms with Crippen LogP contribution in [0.15, 0.2) is 29.6 Å². The second-order valence-electron chi connectivity index (χ2n) is 3.91. The zero-order valence-corrected chi connectivity index (χ0v) is 12.7. The predicted octanol–water partition coefficient (Wildman–Crippen LogP) is 2.22. The SMILES string of the molecule is CCOP(=O)(OCC)/C(C#N)=C/c1cccc([NH+]([O-])O)c1. The Balaban J connectivity index is 3.22. The minimum atomic E-state index is -3.68. The highest BCUT2D eigenvalue weighted by atomic mass is 31.2. The number of hydrogen-bond acceptors (Lipinski definition) is 6. The van der Waals surface area contributed by atoms with Gasteiger partial charge >= 0.3 is 7.60 Å². The van der Waals surface area contributed by atoms with E-state index in [0.717, 1.165) is 0 Å². The second kappa shape index (κ2) is 8.05. The van der Waals surface area contributed by atoms with E-state index in [2.05, 4.69) is 0 Å². The fourth-order valence-corrected chi connectivity index (χ4v) is 3.07. The van der Waals surface area contributed by atoms with Gasteiger partial charge in [-0.25, -0.2) is 5.21 Å². The molecule has 0 saturated carbocycles. The van der Waals surface area contributed by atoms with Crippen molar-refractivity contribution in [3.63, 3.8) is 0 Å². The minimum absolute atomic E-state index is 0.0729. The van der Waals surface area contributed by atoms with Crippen LogP contribution in [0, 0.1) is 16.5 Å². The van der Waals surface area contributed by atoms with Gasteiger partial charge in [-0.2, -0.15) is 10.5 Å². The van der Waals surface area contributed by atoms with Gasteiger partial charge in [-0.3, -0.25) is 4.57 Å². The molecule has 0 aliphatic carbocycles. The van der Waals surface area contributed by atoms with Gasteiger partial charge in [-0.05, 0) is 25.5 Å². The molecule has 1 unspecified atom stereocenters. The standard InChI is InChI=1S/C13H17N2O5P/c1-3-19-21(18,20-4-2)13(10-14)9-11-6-5-7-12(8-11)15(16)17/h5-9,15-16H,3-4H2,1-2H3/b13-9+. The van der Waals surface area contributed by atoms with E-state index in [0.29, 0.717) is 5.56 Å². The molecule has 1 aromatic rings. The third-order valence-electron chi connectivity index (χ3n) is 2.44. The molecule has 114 valence electrons. The molecule has 7 nitrogen and oxygen atoms in total. The van der Waals surface area contributed by atoms with E-state index in [1.165, 1.54) is 24.3 Å². The van der Waals surface area contributed by atoms with Crippen LogP contribution in [0.1, 0.15) is 19.4 Å². The second-order valence-corrected chi connectivity index (χ2v) is 5.90. The van der Waals surface area contributed by atoms with Gasteiger partial charge in [0.1, 0.15) is 11.4 Å². The molecule has 0 spiro atoms. The molecule has 2 N–H and O–H groups in total. The Kier molecular flexibility index (Phi) is 6.72. The molecule has 0 radical (unpaired) electrons. The Morgan fingerprint density at radius 2 is 2.10 bits per heavy atom. The average molecular weight is 312 g/mol. The van der Waals surface area contributed by atoms with Gasteiger partial charge < -0.3 is 14.3 Å². The smallest absolute Gasteiger partial charge is 0.371 e. The number of nitriles is 1. The summed E-state index contributed by atoms with van der Waals surface area (Å²) >= 11 is 0. The number of rotatable bonds is 7. The number of allylic oxidation sites excluding steroid dienone is 1. The fourth-order valence-electron chi connectivity index (χ4n) is 1.61. The summed E-state index contributed by atoms with van der Waals surface area (Å²) in [6, 6.07) is 7.76. The van der Waals surface area contributed by atoms with Crippen LogP contribution in [0.5, 0.6) is 0 Å². The molecule has 1 atom stereocenters. The third-order valence-corrected chi connectivity index (χ3v) is 4.46. The first-order valence-electron chi connectivity index (χ1n) is 6.31. The first-order chi connectivity index (χ1) is 9.96. The zero-order chi connectivity index (χ0) is 15.9. The highest BCUT2D eigenvalue weighted by molar-refractivity contribution is 7.59. The Hall–Kier alpha value is -1.52. The topological polar surface area (TPSA) is 107 Å². The Labute approximate surface area is 123 Å². The van der Waals surface area contributed by atoms with E-state index in [-0.39, 0.29) is 24.2 Å². The van der Waals surface area contributed by atoms with Gasteiger partial charge in [-0.15, -0.1) is 0 Å². The molecule has 0 bridgehead atoms. The summed E-state index contributed by atoms with van der Waals surface area (Å²) < 4.78 is 22.7. The van der Waals surface area contributed by atoms with E-state index in [9.17, 15) is 15.0 Å². The molecular formula is C13H17N2O5P. The van der Waals surface area contributed by atoms with Crippen molar-refractivity contribution in [3.05, 3.63) is 40.4 Å². The summed E-state index contributed by atoms with van der Waals surface area (Å²) in [6.07, 6.45) is 1.32. The zero-order valence-electron chi connectivity index (χ0n) is 11.8. The molecule has 0 aromatic heterocycles. The maximum atomic E-state index is 12.5. The molecule has 0 amide bonds. The van der Waals surface area contributed by atoms with Gasteiger partial charge in [0.15, 0.2) is 5.69 Å². The molecule has 1 rings (SSSR count). The first-order valence-corrected chi connectivity index (χ1v) is 7.86. The molecule has 0 aliphatic heterocycles. The molecule has 0 heterocycles. The fraction of sp³-hybridized carbons (Fsp3) is 0.308. The summed E-state index contributed by atoms with van der Waals surface area (Å²) in [6.45, 7) is 3.55. The largest absolute Gasteiger partial charge is 0.595 e. The Morgan fingerprint density at radius 3 is 2.57 bits per heavy atom. The van der Waals surface area contributed by atoms with Gasteiger partial charge in [-0.1, -0.05) is 12.1 Å². The van der Waals surface area contributed by atoms with Gasteiger partial charge in [0, 0.05) is 12.1 Å². The summed E-state index contributed by atoms with van der Waals surface area (Å²) in [4.78, 5) is 0. The van der Waals surface area contributed by atoms with Crippen LogP contribution in [-0.2, 0) is 13.6 Å². The molecule has 1 aromatic carbocycles. The van der Waals surface area contributed by atoms with E-state index in [1.807, 2.05) is 6.07 Å². The predicted molar refractivity (Wildman–Crippen MR) is 76.7 cm³/mol. The van der Waals surface area contributed by atoms with Crippen molar-refractivity contribution in [2.45, 2.75) is 13.8 Å². The molecule has 8 heteroatoms. The molecule has 0 saturated heterocycles. The van der Waals surface area contributed by atoms with Gasteiger partial charge in [0.25, 0.3) is 0 Å². The monoisotopic (exact) mass is 312 g/mol. The van der Waals surface area contributed by atoms with Crippen molar-refractivity contribution in [2.24, 2.45) is 0 Å². The number of nitrogens with one attached hydrogen (secondary N) is 1.